The molecule has 0 aliphatic rings. The number of hydrogen-bond acceptors (Lipinski definition) is 2. The Morgan fingerprint density at radius 2 is 2.38 bits per heavy atom. The first-order valence-corrected chi connectivity index (χ1v) is 4.22. The van der Waals surface area contributed by atoms with Crippen molar-refractivity contribution in [2.45, 2.75) is 13.0 Å². The lowest BCUT2D eigenvalue weighted by atomic mass is 10.1. The van der Waals surface area contributed by atoms with Crippen LogP contribution in [-0.4, -0.2) is 6.61 Å². The normalized spacial score (nSPS) is 11.8. The molecule has 0 aliphatic carbocycles. The van der Waals surface area contributed by atoms with Crippen LogP contribution in [0.3, 0.4) is 0 Å². The summed E-state index contributed by atoms with van der Waals surface area (Å²) in [6.45, 7) is 2.59. The van der Waals surface area contributed by atoms with E-state index in [2.05, 4.69) is 5.92 Å². The van der Waals surface area contributed by atoms with Crippen LogP contribution < -0.4 is 10.5 Å². The molecule has 0 spiro atoms. The smallest absolute Gasteiger partial charge is 0.119 e. The Bertz CT molecular complexity index is 314. The first kappa shape index (κ1) is 9.63. The van der Waals surface area contributed by atoms with Crippen molar-refractivity contribution in [3.63, 3.8) is 0 Å². The first-order valence-electron chi connectivity index (χ1n) is 4.22. The van der Waals surface area contributed by atoms with Crippen molar-refractivity contribution in [3.8, 4) is 18.1 Å². The van der Waals surface area contributed by atoms with Crippen molar-refractivity contribution in [2.24, 2.45) is 5.73 Å². The molecule has 0 amide bonds. The molecular formula is C11H13NO. The summed E-state index contributed by atoms with van der Waals surface area (Å²) in [6.07, 6.45) is 5.21. The molecule has 1 aromatic carbocycles. The molecule has 68 valence electrons. The predicted molar refractivity (Wildman–Crippen MR) is 53.4 cm³/mol. The molecule has 0 saturated heterocycles. The Morgan fingerprint density at radius 1 is 1.62 bits per heavy atom. The third-order valence-corrected chi connectivity index (χ3v) is 1.71. The number of nitrogens with two attached hydrogens (primary N) is 1. The van der Waals surface area contributed by atoms with E-state index in [0.29, 0.717) is 6.61 Å². The van der Waals surface area contributed by atoms with Crippen LogP contribution in [0.2, 0.25) is 0 Å². The molecule has 1 atom stereocenters. The van der Waals surface area contributed by atoms with Crippen LogP contribution in [0.25, 0.3) is 0 Å². The Morgan fingerprint density at radius 3 is 3.00 bits per heavy atom. The van der Waals surface area contributed by atoms with Crippen molar-refractivity contribution in [3.05, 3.63) is 29.8 Å². The molecule has 2 N–H and O–H groups in total. The third-order valence-electron chi connectivity index (χ3n) is 1.71. The van der Waals surface area contributed by atoms with Gasteiger partial charge in [0.15, 0.2) is 0 Å². The molecular weight excluding hydrogens is 162 g/mol. The van der Waals surface area contributed by atoms with Crippen LogP contribution in [0.4, 0.5) is 0 Å². The van der Waals surface area contributed by atoms with Crippen LogP contribution >= 0.6 is 0 Å². The topological polar surface area (TPSA) is 35.2 Å². The van der Waals surface area contributed by atoms with E-state index in [9.17, 15) is 0 Å². The number of terminal acetylenes is 1. The lowest BCUT2D eigenvalue weighted by Crippen LogP contribution is -2.07. The zero-order valence-corrected chi connectivity index (χ0v) is 7.66. The van der Waals surface area contributed by atoms with E-state index in [1.165, 1.54) is 0 Å². The van der Waals surface area contributed by atoms with Gasteiger partial charge in [-0.05, 0) is 24.6 Å². The van der Waals surface area contributed by atoms with Crippen molar-refractivity contribution in [1.82, 2.24) is 0 Å². The van der Waals surface area contributed by atoms with Gasteiger partial charge in [0.1, 0.15) is 5.75 Å². The molecule has 2 heteroatoms. The number of hydrogen-bond donors (Lipinski definition) is 1. The molecule has 0 bridgehead atoms. The molecule has 13 heavy (non-hydrogen) atoms. The van der Waals surface area contributed by atoms with E-state index < -0.39 is 0 Å². The quantitative estimate of drug-likeness (QED) is 0.710. The second kappa shape index (κ2) is 4.54. The highest BCUT2D eigenvalue weighted by Gasteiger charge is 2.02. The van der Waals surface area contributed by atoms with Gasteiger partial charge in [0.25, 0.3) is 0 Å². The van der Waals surface area contributed by atoms with Crippen LogP contribution in [0, 0.1) is 12.3 Å². The fourth-order valence-corrected chi connectivity index (χ4v) is 1.06. The van der Waals surface area contributed by atoms with Gasteiger partial charge in [-0.1, -0.05) is 18.1 Å². The van der Waals surface area contributed by atoms with Crippen LogP contribution in [0.15, 0.2) is 24.3 Å². The van der Waals surface area contributed by atoms with Crippen molar-refractivity contribution in [1.29, 1.82) is 0 Å². The van der Waals surface area contributed by atoms with Gasteiger partial charge in [-0.2, -0.15) is 0 Å². The molecule has 0 aliphatic heterocycles. The molecule has 0 aromatic heterocycles. The first-order chi connectivity index (χ1) is 6.27. The summed E-state index contributed by atoms with van der Waals surface area (Å²) < 4.78 is 5.32. The molecule has 0 fully saturated rings. The lowest BCUT2D eigenvalue weighted by Gasteiger charge is -2.07. The molecule has 1 rings (SSSR count). The van der Waals surface area contributed by atoms with Crippen LogP contribution in [0.5, 0.6) is 5.75 Å². The van der Waals surface area contributed by atoms with Crippen molar-refractivity contribution >= 4 is 0 Å². The number of ether oxygens (including phenoxy) is 1. The molecule has 1 aromatic rings. The van der Waals surface area contributed by atoms with Gasteiger partial charge in [-0.25, -0.2) is 0 Å². The zero-order chi connectivity index (χ0) is 9.68. The van der Waals surface area contributed by atoms with Gasteiger partial charge in [-0.3, -0.25) is 0 Å². The second-order valence-corrected chi connectivity index (χ2v) is 2.65. The van der Waals surface area contributed by atoms with Crippen molar-refractivity contribution in [2.75, 3.05) is 6.61 Å². The predicted octanol–water partition coefficient (Wildman–Crippen LogP) is 1.72. The van der Waals surface area contributed by atoms with Crippen molar-refractivity contribution < 1.29 is 4.74 Å². The summed E-state index contributed by atoms with van der Waals surface area (Å²) in [5.41, 5.74) is 6.58. The van der Waals surface area contributed by atoms with Gasteiger partial charge in [-0.15, -0.1) is 6.42 Å². The van der Waals surface area contributed by atoms with Crippen LogP contribution in [-0.2, 0) is 0 Å². The van der Waals surface area contributed by atoms with Gasteiger partial charge in [0.05, 0.1) is 12.6 Å². The standard InChI is InChI=1S/C11H13NO/c1-3-11(12)9-6-5-7-10(8-9)13-4-2/h1,5-8,11H,4,12H2,2H3. The largest absolute Gasteiger partial charge is 0.494 e. The van der Waals surface area contributed by atoms with E-state index in [1.807, 2.05) is 31.2 Å². The molecule has 0 radical (unpaired) electrons. The summed E-state index contributed by atoms with van der Waals surface area (Å²) in [6, 6.07) is 7.19. The Kier molecular flexibility index (Phi) is 3.36. The summed E-state index contributed by atoms with van der Waals surface area (Å²) >= 11 is 0. The summed E-state index contributed by atoms with van der Waals surface area (Å²) in [5, 5.41) is 0. The minimum Gasteiger partial charge on any atom is -0.494 e. The Hall–Kier alpha value is -1.46. The highest BCUT2D eigenvalue weighted by atomic mass is 16.5. The summed E-state index contributed by atoms with van der Waals surface area (Å²) in [7, 11) is 0. The van der Waals surface area contributed by atoms with Gasteiger partial charge in [0, 0.05) is 0 Å². The molecule has 0 saturated carbocycles. The maximum atomic E-state index is 5.67. The van der Waals surface area contributed by atoms with E-state index in [1.54, 1.807) is 0 Å². The maximum absolute atomic E-state index is 5.67. The second-order valence-electron chi connectivity index (χ2n) is 2.65. The third kappa shape index (κ3) is 2.50. The lowest BCUT2D eigenvalue weighted by molar-refractivity contribution is 0.340. The number of rotatable bonds is 3. The van der Waals surface area contributed by atoms with E-state index >= 15 is 0 Å². The van der Waals surface area contributed by atoms with Gasteiger partial charge < -0.3 is 10.5 Å². The SMILES string of the molecule is C#CC(N)c1cccc(OCC)c1. The summed E-state index contributed by atoms with van der Waals surface area (Å²) in [4.78, 5) is 0. The minimum absolute atomic E-state index is 0.347. The highest BCUT2D eigenvalue weighted by Crippen LogP contribution is 2.17. The van der Waals surface area contributed by atoms with Gasteiger partial charge in [0.2, 0.25) is 0 Å². The average Bonchev–Trinajstić information content (AvgIpc) is 2.18. The zero-order valence-electron chi connectivity index (χ0n) is 7.66. The molecule has 1 unspecified atom stereocenters. The highest BCUT2D eigenvalue weighted by molar-refractivity contribution is 5.33. The minimum atomic E-state index is -0.347. The fourth-order valence-electron chi connectivity index (χ4n) is 1.06. The van der Waals surface area contributed by atoms with E-state index in [0.717, 1.165) is 11.3 Å². The Balaban J connectivity index is 2.86. The van der Waals surface area contributed by atoms with Crippen LogP contribution in [0.1, 0.15) is 18.5 Å². The molecule has 2 nitrogen and oxygen atoms in total. The number of benzene rings is 1. The fraction of sp³-hybridized carbons (Fsp3) is 0.273. The maximum Gasteiger partial charge on any atom is 0.119 e. The molecule has 0 heterocycles. The van der Waals surface area contributed by atoms with E-state index in [4.69, 9.17) is 16.9 Å². The summed E-state index contributed by atoms with van der Waals surface area (Å²) in [5.74, 6) is 3.28. The monoisotopic (exact) mass is 175 g/mol. The van der Waals surface area contributed by atoms with Gasteiger partial charge >= 0.3 is 0 Å². The Labute approximate surface area is 78.7 Å². The average molecular weight is 175 g/mol. The van der Waals surface area contributed by atoms with E-state index in [-0.39, 0.29) is 6.04 Å².